The predicted molar refractivity (Wildman–Crippen MR) is 94.8 cm³/mol. The normalized spacial score (nSPS) is 10.3. The Bertz CT molecular complexity index is 540. The predicted octanol–water partition coefficient (Wildman–Crippen LogP) is 3.80. The average molecular weight is 298 g/mol. The molecule has 0 spiro atoms. The van der Waals surface area contributed by atoms with Crippen molar-refractivity contribution in [3.63, 3.8) is 0 Å². The van der Waals surface area contributed by atoms with E-state index in [1.807, 2.05) is 6.07 Å². The number of hydrogen-bond acceptors (Lipinski definition) is 2. The zero-order valence-corrected chi connectivity index (χ0v) is 13.1. The second kappa shape index (κ2) is 8.42. The molecule has 0 aliphatic heterocycles. The van der Waals surface area contributed by atoms with Crippen LogP contribution in [-0.2, 0) is 6.42 Å². The molecule has 0 bridgehead atoms. The molecule has 0 saturated heterocycles. The van der Waals surface area contributed by atoms with Gasteiger partial charge in [-0.3, -0.25) is 0 Å². The Balaban J connectivity index is 1.91. The van der Waals surface area contributed by atoms with Gasteiger partial charge in [0.05, 0.1) is 4.99 Å². The average Bonchev–Trinajstić information content (AvgIpc) is 2.52. The monoisotopic (exact) mass is 298 g/mol. The lowest BCUT2D eigenvalue weighted by molar-refractivity contribution is 0.734. The number of hydrogen-bond donors (Lipinski definition) is 1. The van der Waals surface area contributed by atoms with Gasteiger partial charge in [-0.25, -0.2) is 0 Å². The molecule has 0 fully saturated rings. The third-order valence-electron chi connectivity index (χ3n) is 3.49. The molecule has 0 heterocycles. The van der Waals surface area contributed by atoms with E-state index < -0.39 is 0 Å². The van der Waals surface area contributed by atoms with Gasteiger partial charge in [-0.15, -0.1) is 0 Å². The molecule has 0 amide bonds. The molecule has 2 aromatic rings. The van der Waals surface area contributed by atoms with Gasteiger partial charge in [-0.2, -0.15) is 0 Å². The highest BCUT2D eigenvalue weighted by Gasteiger charge is 2.06. The Labute approximate surface area is 132 Å². The molecule has 3 heteroatoms. The van der Waals surface area contributed by atoms with Crippen LogP contribution in [0.2, 0.25) is 0 Å². The zero-order chi connectivity index (χ0) is 14.9. The van der Waals surface area contributed by atoms with Gasteiger partial charge >= 0.3 is 0 Å². The van der Waals surface area contributed by atoms with Gasteiger partial charge < -0.3 is 10.6 Å². The number of para-hydroxylation sites is 1. The van der Waals surface area contributed by atoms with Crippen LogP contribution in [0.5, 0.6) is 0 Å². The maximum Gasteiger partial charge on any atom is 0.0745 e. The maximum atomic E-state index is 5.64. The molecule has 0 atom stereocenters. The first kappa shape index (κ1) is 15.5. The fourth-order valence-electron chi connectivity index (χ4n) is 2.37. The van der Waals surface area contributed by atoms with Crippen molar-refractivity contribution in [2.75, 3.05) is 18.0 Å². The van der Waals surface area contributed by atoms with Crippen LogP contribution in [0.15, 0.2) is 60.7 Å². The summed E-state index contributed by atoms with van der Waals surface area (Å²) in [5.41, 5.74) is 8.27. The number of anilines is 1. The molecule has 0 radical (unpaired) electrons. The Hall–Kier alpha value is -1.87. The molecule has 2 N–H and O–H groups in total. The van der Waals surface area contributed by atoms with Gasteiger partial charge in [0.15, 0.2) is 0 Å². The lowest BCUT2D eigenvalue weighted by atomic mass is 10.1. The number of thiocarbonyl (C=S) groups is 1. The Morgan fingerprint density at radius 1 is 0.905 bits per heavy atom. The number of rotatable bonds is 8. The SMILES string of the molecule is NC(=S)CCN(CCCc1ccccc1)c1ccccc1. The first-order valence-corrected chi connectivity index (χ1v) is 7.79. The second-order valence-corrected chi connectivity index (χ2v) is 5.65. The van der Waals surface area contributed by atoms with Gasteiger partial charge in [-0.05, 0) is 30.5 Å². The van der Waals surface area contributed by atoms with Gasteiger partial charge in [0.25, 0.3) is 0 Å². The minimum atomic E-state index is 0.582. The van der Waals surface area contributed by atoms with E-state index in [0.29, 0.717) is 4.99 Å². The maximum absolute atomic E-state index is 5.64. The van der Waals surface area contributed by atoms with Crippen LogP contribution >= 0.6 is 12.2 Å². The van der Waals surface area contributed by atoms with Crippen molar-refractivity contribution in [2.24, 2.45) is 5.73 Å². The molecular weight excluding hydrogens is 276 g/mol. The third-order valence-corrected chi connectivity index (χ3v) is 3.69. The second-order valence-electron chi connectivity index (χ2n) is 5.13. The highest BCUT2D eigenvalue weighted by atomic mass is 32.1. The Morgan fingerprint density at radius 2 is 1.52 bits per heavy atom. The van der Waals surface area contributed by atoms with Gasteiger partial charge in [0.2, 0.25) is 0 Å². The zero-order valence-electron chi connectivity index (χ0n) is 12.2. The number of nitrogens with zero attached hydrogens (tertiary/aromatic N) is 1. The van der Waals surface area contributed by atoms with Crippen molar-refractivity contribution in [2.45, 2.75) is 19.3 Å². The Morgan fingerprint density at radius 3 is 2.14 bits per heavy atom. The highest BCUT2D eigenvalue weighted by molar-refractivity contribution is 7.80. The molecule has 0 saturated carbocycles. The van der Waals surface area contributed by atoms with Gasteiger partial charge in [0.1, 0.15) is 0 Å². The summed E-state index contributed by atoms with van der Waals surface area (Å²) in [5.74, 6) is 0. The van der Waals surface area contributed by atoms with Crippen molar-refractivity contribution in [1.29, 1.82) is 0 Å². The molecular formula is C18H22N2S. The molecule has 2 nitrogen and oxygen atoms in total. The summed E-state index contributed by atoms with van der Waals surface area (Å²) in [4.78, 5) is 2.95. The summed E-state index contributed by atoms with van der Waals surface area (Å²) in [6, 6.07) is 21.1. The van der Waals surface area contributed by atoms with E-state index in [4.69, 9.17) is 18.0 Å². The molecule has 0 aliphatic rings. The number of benzene rings is 2. The minimum absolute atomic E-state index is 0.582. The highest BCUT2D eigenvalue weighted by Crippen LogP contribution is 2.15. The summed E-state index contributed by atoms with van der Waals surface area (Å²) in [5, 5.41) is 0. The van der Waals surface area contributed by atoms with E-state index in [9.17, 15) is 0 Å². The van der Waals surface area contributed by atoms with E-state index in [0.717, 1.165) is 32.4 Å². The first-order valence-electron chi connectivity index (χ1n) is 7.38. The largest absolute Gasteiger partial charge is 0.393 e. The van der Waals surface area contributed by atoms with Crippen molar-refractivity contribution < 1.29 is 0 Å². The summed E-state index contributed by atoms with van der Waals surface area (Å²) < 4.78 is 0. The quantitative estimate of drug-likeness (QED) is 0.752. The molecule has 21 heavy (non-hydrogen) atoms. The number of nitrogens with two attached hydrogens (primary N) is 1. The van der Waals surface area contributed by atoms with Crippen molar-refractivity contribution in [3.8, 4) is 0 Å². The molecule has 0 unspecified atom stereocenters. The Kier molecular flexibility index (Phi) is 6.22. The van der Waals surface area contributed by atoms with E-state index in [-0.39, 0.29) is 0 Å². The van der Waals surface area contributed by atoms with Crippen LogP contribution in [0.1, 0.15) is 18.4 Å². The fourth-order valence-corrected chi connectivity index (χ4v) is 2.46. The van der Waals surface area contributed by atoms with Crippen molar-refractivity contribution in [3.05, 3.63) is 66.2 Å². The molecule has 2 rings (SSSR count). The van der Waals surface area contributed by atoms with Crippen molar-refractivity contribution in [1.82, 2.24) is 0 Å². The smallest absolute Gasteiger partial charge is 0.0745 e. The van der Waals surface area contributed by atoms with Crippen LogP contribution in [0.3, 0.4) is 0 Å². The molecule has 0 aromatic heterocycles. The van der Waals surface area contributed by atoms with Crippen LogP contribution < -0.4 is 10.6 Å². The van der Waals surface area contributed by atoms with E-state index in [2.05, 4.69) is 59.5 Å². The van der Waals surface area contributed by atoms with Crippen LogP contribution in [0, 0.1) is 0 Å². The first-order chi connectivity index (χ1) is 10.3. The van der Waals surface area contributed by atoms with E-state index in [1.165, 1.54) is 11.3 Å². The van der Waals surface area contributed by atoms with E-state index in [1.54, 1.807) is 0 Å². The summed E-state index contributed by atoms with van der Waals surface area (Å²) in [7, 11) is 0. The van der Waals surface area contributed by atoms with Crippen LogP contribution in [0.25, 0.3) is 0 Å². The van der Waals surface area contributed by atoms with Gasteiger partial charge in [0, 0.05) is 25.2 Å². The van der Waals surface area contributed by atoms with Crippen molar-refractivity contribution >= 4 is 22.9 Å². The lowest BCUT2D eigenvalue weighted by Crippen LogP contribution is -2.28. The molecule has 2 aromatic carbocycles. The van der Waals surface area contributed by atoms with Crippen LogP contribution in [-0.4, -0.2) is 18.1 Å². The standard InChI is InChI=1S/C18H22N2S/c19-18(21)13-15-20(17-11-5-2-6-12-17)14-7-10-16-8-3-1-4-9-16/h1-6,8-9,11-12H,7,10,13-15H2,(H2,19,21). The van der Waals surface area contributed by atoms with E-state index >= 15 is 0 Å². The lowest BCUT2D eigenvalue weighted by Gasteiger charge is -2.24. The third kappa shape index (κ3) is 5.56. The molecule has 110 valence electrons. The summed E-state index contributed by atoms with van der Waals surface area (Å²) in [6.45, 7) is 1.90. The number of aryl methyl sites for hydroxylation is 1. The minimum Gasteiger partial charge on any atom is -0.393 e. The van der Waals surface area contributed by atoms with Crippen LogP contribution in [0.4, 0.5) is 5.69 Å². The van der Waals surface area contributed by atoms with Gasteiger partial charge in [-0.1, -0.05) is 60.7 Å². The topological polar surface area (TPSA) is 29.3 Å². The summed E-state index contributed by atoms with van der Waals surface area (Å²) in [6.07, 6.45) is 2.98. The summed E-state index contributed by atoms with van der Waals surface area (Å²) >= 11 is 5.00. The molecule has 0 aliphatic carbocycles. The fraction of sp³-hybridized carbons (Fsp3) is 0.278.